The molecule has 1 aromatic rings. The summed E-state index contributed by atoms with van der Waals surface area (Å²) in [6.45, 7) is 2.17. The number of benzene rings is 1. The highest BCUT2D eigenvalue weighted by Gasteiger charge is 2.31. The summed E-state index contributed by atoms with van der Waals surface area (Å²) in [5.74, 6) is 1.11. The normalized spacial score (nSPS) is 21.6. The Kier molecular flexibility index (Phi) is 4.96. The van der Waals surface area contributed by atoms with Gasteiger partial charge in [0.15, 0.2) is 0 Å². The molecular weight excluding hydrogens is 317 g/mol. The molecule has 3 fully saturated rings. The fraction of sp³-hybridized carbons (Fsp3) is 0.667. The van der Waals surface area contributed by atoms with Crippen LogP contribution in [0.15, 0.2) is 12.1 Å². The number of hydrogen-bond acceptors (Lipinski definition) is 2. The fourth-order valence-corrected chi connectivity index (χ4v) is 4.23. The highest BCUT2D eigenvalue weighted by atomic mass is 19.1. The number of hydrogen-bond donors (Lipinski definition) is 0. The average molecular weight is 345 g/mol. The summed E-state index contributed by atoms with van der Waals surface area (Å²) >= 11 is 0. The van der Waals surface area contributed by atoms with Gasteiger partial charge in [-0.2, -0.15) is 0 Å². The van der Waals surface area contributed by atoms with E-state index in [1.54, 1.807) is 11.0 Å². The summed E-state index contributed by atoms with van der Waals surface area (Å²) in [6, 6.07) is 3.25. The summed E-state index contributed by atoms with van der Waals surface area (Å²) in [7, 11) is 0. The van der Waals surface area contributed by atoms with Crippen LogP contribution in [-0.4, -0.2) is 30.5 Å². The zero-order valence-corrected chi connectivity index (χ0v) is 14.9. The lowest BCUT2D eigenvalue weighted by molar-refractivity contribution is 0.0788. The monoisotopic (exact) mass is 345 g/mol. The first-order chi connectivity index (χ1) is 12.2. The standard InChI is InChI=1S/C21H28FNO2/c22-19-13-20(25-14-15-6-2-1-3-7-15)17(16-8-9-16)12-18(19)21(24)23-10-4-5-11-23/h12-13,15-16H,1-11,14H2. The van der Waals surface area contributed by atoms with Crippen molar-refractivity contribution in [2.45, 2.75) is 63.7 Å². The minimum Gasteiger partial charge on any atom is -0.493 e. The summed E-state index contributed by atoms with van der Waals surface area (Å²) < 4.78 is 20.7. The van der Waals surface area contributed by atoms with Gasteiger partial charge in [0, 0.05) is 19.2 Å². The third-order valence-electron chi connectivity index (χ3n) is 5.94. The molecule has 3 aliphatic rings. The van der Waals surface area contributed by atoms with Crippen molar-refractivity contribution in [2.24, 2.45) is 5.92 Å². The van der Waals surface area contributed by atoms with Crippen molar-refractivity contribution in [1.29, 1.82) is 0 Å². The van der Waals surface area contributed by atoms with E-state index in [1.165, 1.54) is 38.2 Å². The van der Waals surface area contributed by atoms with Crippen LogP contribution in [0.25, 0.3) is 0 Å². The van der Waals surface area contributed by atoms with Crippen molar-refractivity contribution in [3.8, 4) is 5.75 Å². The van der Waals surface area contributed by atoms with Gasteiger partial charge in [-0.1, -0.05) is 19.3 Å². The molecule has 0 radical (unpaired) electrons. The van der Waals surface area contributed by atoms with Crippen LogP contribution < -0.4 is 4.74 Å². The third kappa shape index (κ3) is 3.83. The number of carbonyl (C=O) groups is 1. The van der Waals surface area contributed by atoms with Gasteiger partial charge in [-0.25, -0.2) is 4.39 Å². The molecule has 1 aromatic carbocycles. The summed E-state index contributed by atoms with van der Waals surface area (Å²) in [5, 5.41) is 0. The molecule has 136 valence electrons. The molecule has 4 heteroatoms. The number of rotatable bonds is 5. The lowest BCUT2D eigenvalue weighted by Gasteiger charge is -2.23. The number of carbonyl (C=O) groups excluding carboxylic acids is 1. The summed E-state index contributed by atoms with van der Waals surface area (Å²) in [4.78, 5) is 14.4. The van der Waals surface area contributed by atoms with E-state index >= 15 is 0 Å². The fourth-order valence-electron chi connectivity index (χ4n) is 4.23. The minimum atomic E-state index is -0.431. The largest absolute Gasteiger partial charge is 0.493 e. The zero-order chi connectivity index (χ0) is 17.2. The number of ether oxygens (including phenoxy) is 1. The maximum atomic E-state index is 14.7. The number of likely N-dealkylation sites (tertiary alicyclic amines) is 1. The number of halogens is 1. The zero-order valence-electron chi connectivity index (χ0n) is 14.9. The molecular formula is C21H28FNO2. The predicted molar refractivity (Wildman–Crippen MR) is 95.6 cm³/mol. The molecule has 0 unspecified atom stereocenters. The van der Waals surface area contributed by atoms with Gasteiger partial charge >= 0.3 is 0 Å². The van der Waals surface area contributed by atoms with Gasteiger partial charge in [0.2, 0.25) is 0 Å². The van der Waals surface area contributed by atoms with Crippen LogP contribution in [0.4, 0.5) is 4.39 Å². The molecule has 0 N–H and O–H groups in total. The smallest absolute Gasteiger partial charge is 0.256 e. The van der Waals surface area contributed by atoms with Crippen LogP contribution in [0.2, 0.25) is 0 Å². The molecule has 4 rings (SSSR count). The van der Waals surface area contributed by atoms with Crippen LogP contribution >= 0.6 is 0 Å². The second-order valence-electron chi connectivity index (χ2n) is 7.96. The van der Waals surface area contributed by atoms with Gasteiger partial charge in [0.25, 0.3) is 5.91 Å². The summed E-state index contributed by atoms with van der Waals surface area (Å²) in [6.07, 6.45) is 10.6. The van der Waals surface area contributed by atoms with Crippen LogP contribution in [0.5, 0.6) is 5.75 Å². The van der Waals surface area contributed by atoms with Gasteiger partial charge in [-0.15, -0.1) is 0 Å². The molecule has 2 aliphatic carbocycles. The number of nitrogens with zero attached hydrogens (tertiary/aromatic N) is 1. The van der Waals surface area contributed by atoms with E-state index in [-0.39, 0.29) is 11.5 Å². The molecule has 0 spiro atoms. The van der Waals surface area contributed by atoms with Gasteiger partial charge in [-0.05, 0) is 62.0 Å². The van der Waals surface area contributed by atoms with Crippen molar-refractivity contribution >= 4 is 5.91 Å². The first kappa shape index (κ1) is 16.9. The van der Waals surface area contributed by atoms with Crippen molar-refractivity contribution in [1.82, 2.24) is 4.90 Å². The lowest BCUT2D eigenvalue weighted by atomic mass is 9.90. The quantitative estimate of drug-likeness (QED) is 0.760. The van der Waals surface area contributed by atoms with Gasteiger partial charge in [0.05, 0.1) is 12.2 Å². The maximum Gasteiger partial charge on any atom is 0.256 e. The van der Waals surface area contributed by atoms with Crippen LogP contribution in [0, 0.1) is 11.7 Å². The predicted octanol–water partition coefficient (Wildman–Crippen LogP) is 4.90. The average Bonchev–Trinajstić information content (AvgIpc) is 3.33. The molecule has 0 atom stereocenters. The SMILES string of the molecule is O=C(c1cc(C2CC2)c(OCC2CCCCC2)cc1F)N1CCCC1. The van der Waals surface area contributed by atoms with Crippen molar-refractivity contribution in [3.05, 3.63) is 29.1 Å². The van der Waals surface area contributed by atoms with E-state index in [4.69, 9.17) is 4.74 Å². The van der Waals surface area contributed by atoms with E-state index in [0.717, 1.165) is 44.3 Å². The van der Waals surface area contributed by atoms with Gasteiger partial charge < -0.3 is 9.64 Å². The Balaban J connectivity index is 1.52. The van der Waals surface area contributed by atoms with E-state index < -0.39 is 5.82 Å². The van der Waals surface area contributed by atoms with Crippen LogP contribution in [0.1, 0.15) is 79.6 Å². The minimum absolute atomic E-state index is 0.157. The molecule has 1 heterocycles. The Bertz CT molecular complexity index is 629. The van der Waals surface area contributed by atoms with Gasteiger partial charge in [-0.3, -0.25) is 4.79 Å². The van der Waals surface area contributed by atoms with Crippen molar-refractivity contribution < 1.29 is 13.9 Å². The Morgan fingerprint density at radius 3 is 2.44 bits per heavy atom. The summed E-state index contributed by atoms with van der Waals surface area (Å²) in [5.41, 5.74) is 1.27. The first-order valence-corrected chi connectivity index (χ1v) is 9.98. The van der Waals surface area contributed by atoms with E-state index in [1.807, 2.05) is 0 Å². The highest BCUT2D eigenvalue weighted by molar-refractivity contribution is 5.95. The van der Waals surface area contributed by atoms with Crippen molar-refractivity contribution in [2.75, 3.05) is 19.7 Å². The van der Waals surface area contributed by atoms with Crippen molar-refractivity contribution in [3.63, 3.8) is 0 Å². The second kappa shape index (κ2) is 7.35. The molecule has 25 heavy (non-hydrogen) atoms. The Hall–Kier alpha value is -1.58. The molecule has 3 nitrogen and oxygen atoms in total. The van der Waals surface area contributed by atoms with E-state index in [0.29, 0.717) is 24.2 Å². The van der Waals surface area contributed by atoms with E-state index in [2.05, 4.69) is 0 Å². The molecule has 0 bridgehead atoms. The molecule has 1 amide bonds. The molecule has 2 saturated carbocycles. The lowest BCUT2D eigenvalue weighted by Crippen LogP contribution is -2.28. The maximum absolute atomic E-state index is 14.7. The van der Waals surface area contributed by atoms with Gasteiger partial charge in [0.1, 0.15) is 11.6 Å². The van der Waals surface area contributed by atoms with Crippen LogP contribution in [0.3, 0.4) is 0 Å². The van der Waals surface area contributed by atoms with E-state index in [9.17, 15) is 9.18 Å². The number of amides is 1. The first-order valence-electron chi connectivity index (χ1n) is 9.98. The Morgan fingerprint density at radius 2 is 1.76 bits per heavy atom. The molecule has 1 saturated heterocycles. The third-order valence-corrected chi connectivity index (χ3v) is 5.94. The second-order valence-corrected chi connectivity index (χ2v) is 7.96. The highest BCUT2D eigenvalue weighted by Crippen LogP contribution is 2.45. The molecule has 1 aliphatic heterocycles. The Morgan fingerprint density at radius 1 is 1.04 bits per heavy atom. The molecule has 0 aromatic heterocycles. The van der Waals surface area contributed by atoms with Crippen LogP contribution in [-0.2, 0) is 0 Å². The topological polar surface area (TPSA) is 29.5 Å². The Labute approximate surface area is 149 Å².